The zero-order chi connectivity index (χ0) is 16.5. The largest absolute Gasteiger partial charge is 0.381 e. The molecule has 4 rings (SSSR count). The highest BCUT2D eigenvalue weighted by molar-refractivity contribution is 5.65. The SMILES string of the molecule is Cc1nn(C)cc1CNc1ccc(-c2cn3ccccc3n2)cc1. The Kier molecular flexibility index (Phi) is 3.54. The number of fused-ring (bicyclic) bond motifs is 1. The third-order valence-electron chi connectivity index (χ3n) is 4.14. The van der Waals surface area contributed by atoms with E-state index in [4.69, 9.17) is 0 Å². The highest BCUT2D eigenvalue weighted by Crippen LogP contribution is 2.21. The Morgan fingerprint density at radius 1 is 1.04 bits per heavy atom. The quantitative estimate of drug-likeness (QED) is 0.625. The lowest BCUT2D eigenvalue weighted by molar-refractivity contribution is 0.756. The summed E-state index contributed by atoms with van der Waals surface area (Å²) in [5.74, 6) is 0. The third-order valence-corrected chi connectivity index (χ3v) is 4.14. The van der Waals surface area contributed by atoms with Gasteiger partial charge in [-0.3, -0.25) is 4.68 Å². The van der Waals surface area contributed by atoms with E-state index in [1.54, 1.807) is 0 Å². The Labute approximate surface area is 140 Å². The molecule has 0 bridgehead atoms. The number of imidazole rings is 1. The standard InChI is InChI=1S/C19H19N5/c1-14-16(12-23(2)22-14)11-20-17-8-6-15(7-9-17)18-13-24-10-4-3-5-19(24)21-18/h3-10,12-13,20H,11H2,1-2H3. The molecule has 24 heavy (non-hydrogen) atoms. The number of rotatable bonds is 4. The van der Waals surface area contributed by atoms with Gasteiger partial charge in [0.1, 0.15) is 5.65 Å². The maximum absolute atomic E-state index is 4.65. The van der Waals surface area contributed by atoms with Gasteiger partial charge in [-0.2, -0.15) is 5.10 Å². The molecule has 0 aliphatic heterocycles. The summed E-state index contributed by atoms with van der Waals surface area (Å²) in [5.41, 5.74) is 6.42. The highest BCUT2D eigenvalue weighted by atomic mass is 15.2. The number of benzene rings is 1. The third kappa shape index (κ3) is 2.76. The highest BCUT2D eigenvalue weighted by Gasteiger charge is 2.05. The number of pyridine rings is 1. The second kappa shape index (κ2) is 5.85. The van der Waals surface area contributed by atoms with E-state index in [0.29, 0.717) is 0 Å². The number of aromatic nitrogens is 4. The molecule has 0 atom stereocenters. The van der Waals surface area contributed by atoms with E-state index < -0.39 is 0 Å². The molecular formula is C19H19N5. The second-order valence-corrected chi connectivity index (χ2v) is 5.94. The molecule has 0 aliphatic rings. The average molecular weight is 317 g/mol. The van der Waals surface area contributed by atoms with Gasteiger partial charge < -0.3 is 9.72 Å². The lowest BCUT2D eigenvalue weighted by atomic mass is 10.1. The maximum Gasteiger partial charge on any atom is 0.137 e. The molecule has 5 nitrogen and oxygen atoms in total. The Morgan fingerprint density at radius 2 is 1.88 bits per heavy atom. The fourth-order valence-electron chi connectivity index (χ4n) is 2.85. The smallest absolute Gasteiger partial charge is 0.137 e. The van der Waals surface area contributed by atoms with Crippen LogP contribution in [0.25, 0.3) is 16.9 Å². The van der Waals surface area contributed by atoms with E-state index in [9.17, 15) is 0 Å². The van der Waals surface area contributed by atoms with Crippen LogP contribution in [0.3, 0.4) is 0 Å². The predicted octanol–water partition coefficient (Wildman–Crippen LogP) is 3.66. The van der Waals surface area contributed by atoms with Crippen molar-refractivity contribution in [3.05, 3.63) is 72.3 Å². The van der Waals surface area contributed by atoms with Crippen molar-refractivity contribution in [2.75, 3.05) is 5.32 Å². The zero-order valence-corrected chi connectivity index (χ0v) is 13.8. The van der Waals surface area contributed by atoms with Gasteiger partial charge in [0.2, 0.25) is 0 Å². The van der Waals surface area contributed by atoms with E-state index >= 15 is 0 Å². The minimum atomic E-state index is 0.771. The Hall–Kier alpha value is -3.08. The van der Waals surface area contributed by atoms with Crippen molar-refractivity contribution in [2.24, 2.45) is 7.05 Å². The van der Waals surface area contributed by atoms with Crippen LogP contribution in [0.2, 0.25) is 0 Å². The van der Waals surface area contributed by atoms with Crippen molar-refractivity contribution in [1.82, 2.24) is 19.2 Å². The first-order chi connectivity index (χ1) is 11.7. The van der Waals surface area contributed by atoms with Crippen LogP contribution in [0.1, 0.15) is 11.3 Å². The van der Waals surface area contributed by atoms with Crippen LogP contribution in [-0.2, 0) is 13.6 Å². The predicted molar refractivity (Wildman–Crippen MR) is 95.9 cm³/mol. The molecule has 4 aromatic rings. The molecule has 3 heterocycles. The molecule has 1 aromatic carbocycles. The van der Waals surface area contributed by atoms with Crippen molar-refractivity contribution in [3.63, 3.8) is 0 Å². The molecule has 0 radical (unpaired) electrons. The Morgan fingerprint density at radius 3 is 2.58 bits per heavy atom. The van der Waals surface area contributed by atoms with Gasteiger partial charge in [0.15, 0.2) is 0 Å². The van der Waals surface area contributed by atoms with E-state index in [1.807, 2.05) is 53.6 Å². The topological polar surface area (TPSA) is 47.2 Å². The van der Waals surface area contributed by atoms with E-state index in [0.717, 1.165) is 34.8 Å². The average Bonchev–Trinajstić information content (AvgIpc) is 3.16. The van der Waals surface area contributed by atoms with E-state index in [-0.39, 0.29) is 0 Å². The molecular weight excluding hydrogens is 298 g/mol. The molecule has 0 saturated heterocycles. The summed E-state index contributed by atoms with van der Waals surface area (Å²) >= 11 is 0. The molecule has 0 aliphatic carbocycles. The van der Waals surface area contributed by atoms with Gasteiger partial charge in [0, 0.05) is 49.0 Å². The fourth-order valence-corrected chi connectivity index (χ4v) is 2.85. The molecule has 5 heteroatoms. The molecule has 0 spiro atoms. The summed E-state index contributed by atoms with van der Waals surface area (Å²) in [7, 11) is 1.94. The first-order valence-electron chi connectivity index (χ1n) is 7.96. The van der Waals surface area contributed by atoms with Gasteiger partial charge in [-0.05, 0) is 31.2 Å². The van der Waals surface area contributed by atoms with Crippen LogP contribution in [0.4, 0.5) is 5.69 Å². The molecule has 0 saturated carbocycles. The summed E-state index contributed by atoms with van der Waals surface area (Å²) in [5, 5.41) is 7.81. The zero-order valence-electron chi connectivity index (χ0n) is 13.8. The number of nitrogens with zero attached hydrogens (tertiary/aromatic N) is 4. The van der Waals surface area contributed by atoms with E-state index in [1.165, 1.54) is 5.56 Å². The van der Waals surface area contributed by atoms with E-state index in [2.05, 4.69) is 45.9 Å². The molecule has 0 unspecified atom stereocenters. The number of nitrogens with one attached hydrogen (secondary N) is 1. The molecule has 0 amide bonds. The van der Waals surface area contributed by atoms with Crippen molar-refractivity contribution >= 4 is 11.3 Å². The van der Waals surface area contributed by atoms with Crippen molar-refractivity contribution in [2.45, 2.75) is 13.5 Å². The minimum Gasteiger partial charge on any atom is -0.381 e. The summed E-state index contributed by atoms with van der Waals surface area (Å²) in [6, 6.07) is 14.4. The number of aryl methyl sites for hydroxylation is 2. The van der Waals surface area contributed by atoms with Crippen molar-refractivity contribution < 1.29 is 0 Å². The lowest BCUT2D eigenvalue weighted by Gasteiger charge is -2.06. The normalized spacial score (nSPS) is 11.1. The van der Waals surface area contributed by atoms with Crippen LogP contribution in [-0.4, -0.2) is 19.2 Å². The van der Waals surface area contributed by atoms with Gasteiger partial charge >= 0.3 is 0 Å². The molecule has 3 aromatic heterocycles. The number of hydrogen-bond donors (Lipinski definition) is 1. The second-order valence-electron chi connectivity index (χ2n) is 5.94. The summed E-state index contributed by atoms with van der Waals surface area (Å²) in [6.07, 6.45) is 6.11. The summed E-state index contributed by atoms with van der Waals surface area (Å²) in [4.78, 5) is 4.65. The van der Waals surface area contributed by atoms with Crippen LogP contribution in [0.5, 0.6) is 0 Å². The fraction of sp³-hybridized carbons (Fsp3) is 0.158. The Bertz CT molecular complexity index is 946. The van der Waals surface area contributed by atoms with Gasteiger partial charge in [-0.1, -0.05) is 18.2 Å². The first kappa shape index (κ1) is 14.5. The number of hydrogen-bond acceptors (Lipinski definition) is 3. The van der Waals surface area contributed by atoms with Crippen LogP contribution in [0, 0.1) is 6.92 Å². The van der Waals surface area contributed by atoms with Crippen molar-refractivity contribution in [3.8, 4) is 11.3 Å². The van der Waals surface area contributed by atoms with Crippen LogP contribution < -0.4 is 5.32 Å². The summed E-state index contributed by atoms with van der Waals surface area (Å²) < 4.78 is 3.88. The van der Waals surface area contributed by atoms with Crippen LogP contribution in [0.15, 0.2) is 61.1 Å². The summed E-state index contributed by atoms with van der Waals surface area (Å²) in [6.45, 7) is 2.80. The Balaban J connectivity index is 1.51. The lowest BCUT2D eigenvalue weighted by Crippen LogP contribution is -1.99. The first-order valence-corrected chi connectivity index (χ1v) is 7.96. The minimum absolute atomic E-state index is 0.771. The van der Waals surface area contributed by atoms with Crippen LogP contribution >= 0.6 is 0 Å². The number of anilines is 1. The van der Waals surface area contributed by atoms with Gasteiger partial charge in [0.25, 0.3) is 0 Å². The molecule has 0 fully saturated rings. The molecule has 1 N–H and O–H groups in total. The van der Waals surface area contributed by atoms with Gasteiger partial charge in [-0.15, -0.1) is 0 Å². The van der Waals surface area contributed by atoms with Crippen molar-refractivity contribution in [1.29, 1.82) is 0 Å². The monoisotopic (exact) mass is 317 g/mol. The molecule has 120 valence electrons. The van der Waals surface area contributed by atoms with Gasteiger partial charge in [0.05, 0.1) is 11.4 Å². The maximum atomic E-state index is 4.65. The van der Waals surface area contributed by atoms with Gasteiger partial charge in [-0.25, -0.2) is 4.98 Å².